The Morgan fingerprint density at radius 2 is 2.20 bits per heavy atom. The fraction of sp³-hybridized carbons (Fsp3) is 0.750. The predicted octanol–water partition coefficient (Wildman–Crippen LogP) is 2.25. The molecule has 0 radical (unpaired) electrons. The number of nitrogens with one attached hydrogen (secondary N) is 1. The van der Waals surface area contributed by atoms with Gasteiger partial charge in [-0.3, -0.25) is 4.68 Å². The monoisotopic (exact) mass is 209 g/mol. The van der Waals surface area contributed by atoms with Gasteiger partial charge in [-0.25, -0.2) is 0 Å². The molecule has 0 fully saturated rings. The van der Waals surface area contributed by atoms with E-state index in [2.05, 4.69) is 48.1 Å². The van der Waals surface area contributed by atoms with E-state index in [1.54, 1.807) is 0 Å². The second-order valence-corrected chi connectivity index (χ2v) is 4.41. The van der Waals surface area contributed by atoms with Crippen LogP contribution in [0.15, 0.2) is 12.3 Å². The van der Waals surface area contributed by atoms with Crippen LogP contribution in [0.25, 0.3) is 0 Å². The van der Waals surface area contributed by atoms with Crippen LogP contribution in [0.4, 0.5) is 0 Å². The second kappa shape index (κ2) is 5.91. The molecule has 2 unspecified atom stereocenters. The highest BCUT2D eigenvalue weighted by molar-refractivity contribution is 5.00. The third-order valence-electron chi connectivity index (χ3n) is 2.82. The number of hydrogen-bond donors (Lipinski definition) is 1. The Bertz CT molecular complexity index is 280. The molecule has 86 valence electrons. The fourth-order valence-electron chi connectivity index (χ4n) is 1.70. The van der Waals surface area contributed by atoms with E-state index in [1.165, 1.54) is 5.69 Å². The summed E-state index contributed by atoms with van der Waals surface area (Å²) in [5, 5.41) is 7.79. The highest BCUT2D eigenvalue weighted by Crippen LogP contribution is 2.11. The Hall–Kier alpha value is -0.830. The predicted molar refractivity (Wildman–Crippen MR) is 64.0 cm³/mol. The van der Waals surface area contributed by atoms with Crippen molar-refractivity contribution in [3.8, 4) is 0 Å². The molecule has 0 aliphatic carbocycles. The molecular weight excluding hydrogens is 186 g/mol. The van der Waals surface area contributed by atoms with E-state index in [9.17, 15) is 0 Å². The van der Waals surface area contributed by atoms with E-state index in [1.807, 2.05) is 7.05 Å². The van der Waals surface area contributed by atoms with Gasteiger partial charge in [0, 0.05) is 12.2 Å². The van der Waals surface area contributed by atoms with Gasteiger partial charge in [0.1, 0.15) is 0 Å². The molecule has 1 N–H and O–H groups in total. The Labute approximate surface area is 92.9 Å². The maximum absolute atomic E-state index is 4.59. The van der Waals surface area contributed by atoms with Gasteiger partial charge in [0.2, 0.25) is 0 Å². The molecule has 2 atom stereocenters. The Morgan fingerprint density at radius 3 is 2.80 bits per heavy atom. The van der Waals surface area contributed by atoms with Crippen molar-refractivity contribution in [3.05, 3.63) is 18.0 Å². The third kappa shape index (κ3) is 3.67. The van der Waals surface area contributed by atoms with Crippen molar-refractivity contribution in [2.75, 3.05) is 13.6 Å². The highest BCUT2D eigenvalue weighted by atomic mass is 15.3. The van der Waals surface area contributed by atoms with Crippen LogP contribution in [0, 0.1) is 5.92 Å². The van der Waals surface area contributed by atoms with Crippen molar-refractivity contribution >= 4 is 0 Å². The summed E-state index contributed by atoms with van der Waals surface area (Å²) in [6.07, 6.45) is 4.28. The summed E-state index contributed by atoms with van der Waals surface area (Å²) in [7, 11) is 1.99. The number of rotatable bonds is 6. The molecule has 0 saturated heterocycles. The van der Waals surface area contributed by atoms with E-state index < -0.39 is 0 Å². The van der Waals surface area contributed by atoms with Crippen LogP contribution >= 0.6 is 0 Å². The Morgan fingerprint density at radius 1 is 1.47 bits per heavy atom. The van der Waals surface area contributed by atoms with Crippen LogP contribution in [-0.2, 0) is 6.42 Å². The maximum Gasteiger partial charge on any atom is 0.0627 e. The normalized spacial score (nSPS) is 15.2. The molecule has 3 heteroatoms. The van der Waals surface area contributed by atoms with E-state index >= 15 is 0 Å². The summed E-state index contributed by atoms with van der Waals surface area (Å²) < 4.78 is 2.07. The Balaban J connectivity index is 2.52. The van der Waals surface area contributed by atoms with Gasteiger partial charge in [0.25, 0.3) is 0 Å². The summed E-state index contributed by atoms with van der Waals surface area (Å²) in [6.45, 7) is 7.69. The van der Waals surface area contributed by atoms with Gasteiger partial charge in [-0.05, 0) is 45.3 Å². The minimum Gasteiger partial charge on any atom is -0.319 e. The molecule has 1 aromatic rings. The molecule has 0 aromatic carbocycles. The minimum atomic E-state index is 0.512. The molecule has 3 nitrogen and oxygen atoms in total. The molecule has 0 amide bonds. The van der Waals surface area contributed by atoms with Crippen LogP contribution in [-0.4, -0.2) is 23.4 Å². The molecule has 1 aromatic heterocycles. The van der Waals surface area contributed by atoms with Crippen molar-refractivity contribution in [2.24, 2.45) is 5.92 Å². The van der Waals surface area contributed by atoms with E-state index in [0.29, 0.717) is 12.0 Å². The first-order valence-electron chi connectivity index (χ1n) is 5.86. The summed E-state index contributed by atoms with van der Waals surface area (Å²) in [6, 6.07) is 2.65. The van der Waals surface area contributed by atoms with Gasteiger partial charge in [-0.1, -0.05) is 13.8 Å². The molecule has 0 spiro atoms. The van der Waals surface area contributed by atoms with Crippen molar-refractivity contribution in [2.45, 2.75) is 39.7 Å². The second-order valence-electron chi connectivity index (χ2n) is 4.41. The van der Waals surface area contributed by atoms with E-state index in [4.69, 9.17) is 0 Å². The summed E-state index contributed by atoms with van der Waals surface area (Å²) in [5.41, 5.74) is 1.21. The number of nitrogens with zero attached hydrogens (tertiary/aromatic N) is 2. The first kappa shape index (κ1) is 12.2. The lowest BCUT2D eigenvalue weighted by atomic mass is 10.1. The number of hydrogen-bond acceptors (Lipinski definition) is 2. The largest absolute Gasteiger partial charge is 0.319 e. The van der Waals surface area contributed by atoms with Gasteiger partial charge in [0.15, 0.2) is 0 Å². The van der Waals surface area contributed by atoms with Gasteiger partial charge >= 0.3 is 0 Å². The van der Waals surface area contributed by atoms with Crippen LogP contribution in [0.3, 0.4) is 0 Å². The van der Waals surface area contributed by atoms with Gasteiger partial charge in [-0.2, -0.15) is 5.10 Å². The average Bonchev–Trinajstić information content (AvgIpc) is 2.65. The molecule has 0 aliphatic heterocycles. The topological polar surface area (TPSA) is 29.9 Å². The Kier molecular flexibility index (Phi) is 4.82. The maximum atomic E-state index is 4.59. The van der Waals surface area contributed by atoms with E-state index in [0.717, 1.165) is 19.4 Å². The standard InChI is InChI=1S/C12H23N3/c1-5-11(3)15-7-6-12(14-15)8-10(2)9-13-4/h6-7,10-11,13H,5,8-9H2,1-4H3. The molecule has 0 saturated carbocycles. The smallest absolute Gasteiger partial charge is 0.0627 e. The SMILES string of the molecule is CCC(C)n1ccc(CC(C)CNC)n1. The molecule has 1 rings (SSSR count). The van der Waals surface area contributed by atoms with Crippen molar-refractivity contribution in [1.82, 2.24) is 15.1 Å². The lowest BCUT2D eigenvalue weighted by molar-refractivity contribution is 0.465. The summed E-state index contributed by atoms with van der Waals surface area (Å²) in [5.74, 6) is 0.648. The van der Waals surface area contributed by atoms with Crippen LogP contribution in [0.1, 0.15) is 38.9 Å². The van der Waals surface area contributed by atoms with Gasteiger partial charge in [-0.15, -0.1) is 0 Å². The average molecular weight is 209 g/mol. The van der Waals surface area contributed by atoms with Crippen LogP contribution < -0.4 is 5.32 Å². The lowest BCUT2D eigenvalue weighted by Gasteiger charge is -2.10. The van der Waals surface area contributed by atoms with E-state index in [-0.39, 0.29) is 0 Å². The van der Waals surface area contributed by atoms with Crippen LogP contribution in [0.2, 0.25) is 0 Å². The first-order chi connectivity index (χ1) is 7.17. The fourth-order valence-corrected chi connectivity index (χ4v) is 1.70. The molecule has 0 bridgehead atoms. The zero-order valence-electron chi connectivity index (χ0n) is 10.3. The molecule has 1 heterocycles. The molecule has 15 heavy (non-hydrogen) atoms. The van der Waals surface area contributed by atoms with Crippen molar-refractivity contribution < 1.29 is 0 Å². The quantitative estimate of drug-likeness (QED) is 0.779. The molecular formula is C12H23N3. The first-order valence-corrected chi connectivity index (χ1v) is 5.86. The summed E-state index contributed by atoms with van der Waals surface area (Å²) in [4.78, 5) is 0. The van der Waals surface area contributed by atoms with Crippen molar-refractivity contribution in [3.63, 3.8) is 0 Å². The van der Waals surface area contributed by atoms with Crippen molar-refractivity contribution in [1.29, 1.82) is 0 Å². The third-order valence-corrected chi connectivity index (χ3v) is 2.82. The lowest BCUT2D eigenvalue weighted by Crippen LogP contribution is -2.18. The zero-order valence-corrected chi connectivity index (χ0v) is 10.3. The molecule has 0 aliphatic rings. The number of aromatic nitrogens is 2. The zero-order chi connectivity index (χ0) is 11.3. The van der Waals surface area contributed by atoms with Gasteiger partial charge < -0.3 is 5.32 Å². The van der Waals surface area contributed by atoms with Crippen LogP contribution in [0.5, 0.6) is 0 Å². The summed E-state index contributed by atoms with van der Waals surface area (Å²) >= 11 is 0. The minimum absolute atomic E-state index is 0.512. The van der Waals surface area contributed by atoms with Gasteiger partial charge in [0.05, 0.1) is 5.69 Å². The highest BCUT2D eigenvalue weighted by Gasteiger charge is 2.07.